The molecule has 13 heavy (non-hydrogen) atoms. The smallest absolute Gasteiger partial charge is 0.0123 e. The summed E-state index contributed by atoms with van der Waals surface area (Å²) in [6.07, 6.45) is 8.51. The molecular formula is C11H22N2. The molecule has 2 aliphatic rings. The number of hydrogen-bond acceptors (Lipinski definition) is 2. The van der Waals surface area contributed by atoms with Crippen LogP contribution in [0, 0.1) is 5.92 Å². The Morgan fingerprint density at radius 2 is 2.00 bits per heavy atom. The van der Waals surface area contributed by atoms with Gasteiger partial charge >= 0.3 is 0 Å². The van der Waals surface area contributed by atoms with Gasteiger partial charge in [0.1, 0.15) is 0 Å². The summed E-state index contributed by atoms with van der Waals surface area (Å²) >= 11 is 0. The standard InChI is InChI=1S/C11H22N2/c12-7-3-9-13-8-2-5-10-4-1-6-11(10)13/h10-11H,1-9,12H2. The van der Waals surface area contributed by atoms with Crippen molar-refractivity contribution in [3.63, 3.8) is 0 Å². The molecule has 2 heteroatoms. The lowest BCUT2D eigenvalue weighted by Gasteiger charge is -2.37. The Labute approximate surface area is 81.5 Å². The average Bonchev–Trinajstić information content (AvgIpc) is 2.62. The van der Waals surface area contributed by atoms with Crippen LogP contribution in [-0.2, 0) is 0 Å². The van der Waals surface area contributed by atoms with Gasteiger partial charge in [-0.3, -0.25) is 0 Å². The lowest BCUT2D eigenvalue weighted by molar-refractivity contribution is 0.113. The summed E-state index contributed by atoms with van der Waals surface area (Å²) in [6.45, 7) is 3.44. The minimum atomic E-state index is 0.855. The van der Waals surface area contributed by atoms with Crippen molar-refractivity contribution in [3.8, 4) is 0 Å². The van der Waals surface area contributed by atoms with Crippen LogP contribution in [0.3, 0.4) is 0 Å². The van der Waals surface area contributed by atoms with Gasteiger partial charge in [0, 0.05) is 6.04 Å². The summed E-state index contributed by atoms with van der Waals surface area (Å²) in [6, 6.07) is 0.931. The number of likely N-dealkylation sites (tertiary alicyclic amines) is 1. The van der Waals surface area contributed by atoms with Gasteiger partial charge in [-0.25, -0.2) is 0 Å². The van der Waals surface area contributed by atoms with E-state index in [1.54, 1.807) is 0 Å². The molecule has 2 unspecified atom stereocenters. The molecule has 0 aromatic carbocycles. The van der Waals surface area contributed by atoms with Crippen molar-refractivity contribution in [2.45, 2.75) is 44.6 Å². The molecule has 0 amide bonds. The fourth-order valence-corrected chi connectivity index (χ4v) is 3.13. The van der Waals surface area contributed by atoms with E-state index < -0.39 is 0 Å². The van der Waals surface area contributed by atoms with Gasteiger partial charge in [-0.15, -0.1) is 0 Å². The number of hydrogen-bond donors (Lipinski definition) is 1. The molecule has 0 radical (unpaired) electrons. The van der Waals surface area contributed by atoms with Gasteiger partial charge in [0.05, 0.1) is 0 Å². The second kappa shape index (κ2) is 4.43. The van der Waals surface area contributed by atoms with E-state index >= 15 is 0 Å². The summed E-state index contributed by atoms with van der Waals surface area (Å²) in [5, 5.41) is 0. The molecular weight excluding hydrogens is 160 g/mol. The molecule has 0 bridgehead atoms. The molecule has 2 N–H and O–H groups in total. The van der Waals surface area contributed by atoms with E-state index in [-0.39, 0.29) is 0 Å². The summed E-state index contributed by atoms with van der Waals surface area (Å²) < 4.78 is 0. The fourth-order valence-electron chi connectivity index (χ4n) is 3.13. The zero-order valence-electron chi connectivity index (χ0n) is 8.54. The van der Waals surface area contributed by atoms with E-state index in [4.69, 9.17) is 5.73 Å². The molecule has 2 fully saturated rings. The van der Waals surface area contributed by atoms with E-state index in [0.29, 0.717) is 0 Å². The Kier molecular flexibility index (Phi) is 3.23. The zero-order chi connectivity index (χ0) is 9.10. The largest absolute Gasteiger partial charge is 0.330 e. The van der Waals surface area contributed by atoms with Gasteiger partial charge in [0.15, 0.2) is 0 Å². The maximum Gasteiger partial charge on any atom is 0.0123 e. The highest BCUT2D eigenvalue weighted by atomic mass is 15.2. The lowest BCUT2D eigenvalue weighted by Crippen LogP contribution is -2.43. The van der Waals surface area contributed by atoms with E-state index in [0.717, 1.165) is 18.5 Å². The van der Waals surface area contributed by atoms with Gasteiger partial charge in [0.2, 0.25) is 0 Å². The summed E-state index contributed by atoms with van der Waals surface area (Å²) in [5.74, 6) is 1.03. The summed E-state index contributed by atoms with van der Waals surface area (Å²) in [4.78, 5) is 2.70. The first-order chi connectivity index (χ1) is 6.42. The van der Waals surface area contributed by atoms with Crippen LogP contribution in [-0.4, -0.2) is 30.6 Å². The van der Waals surface area contributed by atoms with Crippen molar-refractivity contribution in [2.75, 3.05) is 19.6 Å². The van der Waals surface area contributed by atoms with Crippen molar-refractivity contribution in [1.82, 2.24) is 4.90 Å². The summed E-state index contributed by atoms with van der Waals surface area (Å²) in [5.41, 5.74) is 5.56. The first-order valence-corrected chi connectivity index (χ1v) is 5.86. The third-order valence-corrected chi connectivity index (χ3v) is 3.76. The summed E-state index contributed by atoms with van der Waals surface area (Å²) in [7, 11) is 0. The fraction of sp³-hybridized carbons (Fsp3) is 1.00. The van der Waals surface area contributed by atoms with Crippen molar-refractivity contribution in [2.24, 2.45) is 11.7 Å². The predicted molar refractivity (Wildman–Crippen MR) is 55.6 cm³/mol. The van der Waals surface area contributed by atoms with Gasteiger partial charge in [-0.1, -0.05) is 6.42 Å². The van der Waals surface area contributed by atoms with Crippen molar-refractivity contribution >= 4 is 0 Å². The number of piperidine rings is 1. The van der Waals surface area contributed by atoms with E-state index in [1.807, 2.05) is 0 Å². The monoisotopic (exact) mass is 182 g/mol. The molecule has 2 atom stereocenters. The lowest BCUT2D eigenvalue weighted by atomic mass is 9.92. The normalized spacial score (nSPS) is 34.8. The van der Waals surface area contributed by atoms with Crippen LogP contribution >= 0.6 is 0 Å². The van der Waals surface area contributed by atoms with Crippen molar-refractivity contribution < 1.29 is 0 Å². The molecule has 1 aliphatic carbocycles. The highest BCUT2D eigenvalue weighted by molar-refractivity contribution is 4.88. The molecule has 2 nitrogen and oxygen atoms in total. The SMILES string of the molecule is NCCCN1CCCC2CCCC21. The van der Waals surface area contributed by atoms with E-state index in [2.05, 4.69) is 4.90 Å². The van der Waals surface area contributed by atoms with Gasteiger partial charge < -0.3 is 10.6 Å². The molecule has 2 rings (SSSR count). The van der Waals surface area contributed by atoms with Crippen LogP contribution in [0.4, 0.5) is 0 Å². The second-order valence-corrected chi connectivity index (χ2v) is 4.58. The molecule has 0 aromatic heterocycles. The molecule has 76 valence electrons. The van der Waals surface area contributed by atoms with Crippen LogP contribution < -0.4 is 5.73 Å². The number of fused-ring (bicyclic) bond motifs is 1. The van der Waals surface area contributed by atoms with Crippen LogP contribution in [0.1, 0.15) is 38.5 Å². The molecule has 1 saturated heterocycles. The quantitative estimate of drug-likeness (QED) is 0.718. The Hall–Kier alpha value is -0.0800. The van der Waals surface area contributed by atoms with Crippen LogP contribution in [0.5, 0.6) is 0 Å². The maximum atomic E-state index is 5.56. The minimum Gasteiger partial charge on any atom is -0.330 e. The third kappa shape index (κ3) is 2.05. The molecule has 0 spiro atoms. The van der Waals surface area contributed by atoms with E-state index in [9.17, 15) is 0 Å². The molecule has 1 aliphatic heterocycles. The third-order valence-electron chi connectivity index (χ3n) is 3.76. The average molecular weight is 182 g/mol. The highest BCUT2D eigenvalue weighted by Gasteiger charge is 2.34. The van der Waals surface area contributed by atoms with Crippen molar-refractivity contribution in [3.05, 3.63) is 0 Å². The Morgan fingerprint density at radius 3 is 2.85 bits per heavy atom. The van der Waals surface area contributed by atoms with Crippen LogP contribution in [0.25, 0.3) is 0 Å². The zero-order valence-corrected chi connectivity index (χ0v) is 8.54. The molecule has 1 saturated carbocycles. The maximum absolute atomic E-state index is 5.56. The number of nitrogens with two attached hydrogens (primary N) is 1. The minimum absolute atomic E-state index is 0.855. The first kappa shape index (κ1) is 9.47. The second-order valence-electron chi connectivity index (χ2n) is 4.58. The predicted octanol–water partition coefficient (Wildman–Crippen LogP) is 1.60. The Balaban J connectivity index is 1.86. The highest BCUT2D eigenvalue weighted by Crippen LogP contribution is 2.36. The van der Waals surface area contributed by atoms with Crippen molar-refractivity contribution in [1.29, 1.82) is 0 Å². The van der Waals surface area contributed by atoms with Gasteiger partial charge in [0.25, 0.3) is 0 Å². The number of nitrogens with zero attached hydrogens (tertiary/aromatic N) is 1. The van der Waals surface area contributed by atoms with Crippen LogP contribution in [0.2, 0.25) is 0 Å². The first-order valence-electron chi connectivity index (χ1n) is 5.86. The van der Waals surface area contributed by atoms with Gasteiger partial charge in [-0.2, -0.15) is 0 Å². The molecule has 1 heterocycles. The van der Waals surface area contributed by atoms with E-state index in [1.165, 1.54) is 51.6 Å². The van der Waals surface area contributed by atoms with Gasteiger partial charge in [-0.05, 0) is 57.7 Å². The number of rotatable bonds is 3. The topological polar surface area (TPSA) is 29.3 Å². The molecule has 0 aromatic rings. The Bertz CT molecular complexity index is 158. The Morgan fingerprint density at radius 1 is 1.15 bits per heavy atom. The van der Waals surface area contributed by atoms with Crippen LogP contribution in [0.15, 0.2) is 0 Å².